The summed E-state index contributed by atoms with van der Waals surface area (Å²) in [4.78, 5) is 33.2. The normalized spacial score (nSPS) is 12.3. The Morgan fingerprint density at radius 3 is 2.05 bits per heavy atom. The van der Waals surface area contributed by atoms with Crippen molar-refractivity contribution in [2.45, 2.75) is 25.8 Å². The minimum Gasteiger partial charge on any atom is -0.481 e. The van der Waals surface area contributed by atoms with Gasteiger partial charge in [0.1, 0.15) is 6.04 Å². The monoisotopic (exact) mass is 276 g/mol. The van der Waals surface area contributed by atoms with Crippen LogP contribution in [0.15, 0.2) is 0 Å². The van der Waals surface area contributed by atoms with Gasteiger partial charge in [0.15, 0.2) is 0 Å². The van der Waals surface area contributed by atoms with Gasteiger partial charge in [0, 0.05) is 26.2 Å². The Balaban J connectivity index is 4.07. The molecule has 0 aromatic rings. The summed E-state index contributed by atoms with van der Waals surface area (Å²) in [6, 6.07) is -0.777. The van der Waals surface area contributed by atoms with Crippen LogP contribution in [0, 0.1) is 0 Å². The molecular formula is C11H20N2O6. The van der Waals surface area contributed by atoms with Crippen molar-refractivity contribution in [2.24, 2.45) is 0 Å². The van der Waals surface area contributed by atoms with Crippen molar-refractivity contribution in [3.05, 3.63) is 0 Å². The summed E-state index contributed by atoms with van der Waals surface area (Å²) < 4.78 is 0. The summed E-state index contributed by atoms with van der Waals surface area (Å²) in [7, 11) is 0. The second-order valence-corrected chi connectivity index (χ2v) is 4.09. The number of carboxylic acids is 3. The fraction of sp³-hybridized carbons (Fsp3) is 0.727. The van der Waals surface area contributed by atoms with Gasteiger partial charge in [-0.2, -0.15) is 0 Å². The molecule has 8 heteroatoms. The van der Waals surface area contributed by atoms with Gasteiger partial charge in [-0.05, 0) is 6.92 Å². The lowest BCUT2D eigenvalue weighted by molar-refractivity contribution is -0.144. The molecule has 0 heterocycles. The standard InChI is InChI=1S/C11H20N2O6/c1-8(11(18)19)13(6-3-10(16)17)7-5-12-4-2-9(14)15/h8,12H,2-7H2,1H3,(H,14,15)(H,16,17)(H,18,19)/t8-/m0/s1. The highest BCUT2D eigenvalue weighted by molar-refractivity contribution is 5.73. The first-order valence-corrected chi connectivity index (χ1v) is 5.95. The lowest BCUT2D eigenvalue weighted by Crippen LogP contribution is -2.43. The van der Waals surface area contributed by atoms with Crippen molar-refractivity contribution >= 4 is 17.9 Å². The average Bonchev–Trinajstić information content (AvgIpc) is 2.30. The summed E-state index contributed by atoms with van der Waals surface area (Å²) >= 11 is 0. The van der Waals surface area contributed by atoms with E-state index in [-0.39, 0.29) is 19.4 Å². The summed E-state index contributed by atoms with van der Waals surface area (Å²) in [5, 5.41) is 28.8. The summed E-state index contributed by atoms with van der Waals surface area (Å²) in [5.74, 6) is -2.91. The van der Waals surface area contributed by atoms with E-state index in [9.17, 15) is 14.4 Å². The molecule has 0 aliphatic carbocycles. The number of nitrogens with zero attached hydrogens (tertiary/aromatic N) is 1. The molecule has 0 aliphatic rings. The number of carboxylic acid groups (broad SMARTS) is 3. The van der Waals surface area contributed by atoms with Crippen molar-refractivity contribution in [3.63, 3.8) is 0 Å². The molecule has 0 bridgehead atoms. The third-order valence-electron chi connectivity index (χ3n) is 2.61. The van der Waals surface area contributed by atoms with Gasteiger partial charge in [0.05, 0.1) is 12.8 Å². The molecule has 0 aliphatic heterocycles. The molecule has 110 valence electrons. The number of carbonyl (C=O) groups is 3. The minimum absolute atomic E-state index is 0.0103. The molecule has 0 saturated heterocycles. The van der Waals surface area contributed by atoms with E-state index in [4.69, 9.17) is 15.3 Å². The molecule has 0 fully saturated rings. The molecule has 0 unspecified atom stereocenters. The molecule has 1 atom stereocenters. The Morgan fingerprint density at radius 1 is 1.00 bits per heavy atom. The number of aliphatic carboxylic acids is 3. The predicted octanol–water partition coefficient (Wildman–Crippen LogP) is -0.699. The predicted molar refractivity (Wildman–Crippen MR) is 66.0 cm³/mol. The van der Waals surface area contributed by atoms with Crippen molar-refractivity contribution in [1.82, 2.24) is 10.2 Å². The highest BCUT2D eigenvalue weighted by atomic mass is 16.4. The second kappa shape index (κ2) is 9.29. The van der Waals surface area contributed by atoms with Crippen LogP contribution in [-0.4, -0.2) is 70.3 Å². The lowest BCUT2D eigenvalue weighted by Gasteiger charge is -2.25. The molecular weight excluding hydrogens is 256 g/mol. The van der Waals surface area contributed by atoms with Crippen LogP contribution in [0.2, 0.25) is 0 Å². The molecule has 4 N–H and O–H groups in total. The SMILES string of the molecule is C[C@@H](C(=O)O)N(CCNCCC(=O)O)CCC(=O)O. The fourth-order valence-electron chi connectivity index (χ4n) is 1.44. The molecule has 19 heavy (non-hydrogen) atoms. The van der Waals surface area contributed by atoms with Crippen LogP contribution in [0.1, 0.15) is 19.8 Å². The lowest BCUT2D eigenvalue weighted by atomic mass is 10.2. The Hall–Kier alpha value is -1.67. The first-order valence-electron chi connectivity index (χ1n) is 5.95. The van der Waals surface area contributed by atoms with E-state index >= 15 is 0 Å². The van der Waals surface area contributed by atoms with Gasteiger partial charge in [0.2, 0.25) is 0 Å². The van der Waals surface area contributed by atoms with E-state index in [2.05, 4.69) is 5.32 Å². The molecule has 0 aromatic heterocycles. The highest BCUT2D eigenvalue weighted by Crippen LogP contribution is 2.00. The van der Waals surface area contributed by atoms with E-state index < -0.39 is 23.9 Å². The second-order valence-electron chi connectivity index (χ2n) is 4.09. The van der Waals surface area contributed by atoms with E-state index in [1.165, 1.54) is 11.8 Å². The van der Waals surface area contributed by atoms with E-state index in [1.807, 2.05) is 0 Å². The van der Waals surface area contributed by atoms with Gasteiger partial charge < -0.3 is 20.6 Å². The number of hydrogen-bond donors (Lipinski definition) is 4. The maximum absolute atomic E-state index is 10.9. The van der Waals surface area contributed by atoms with Crippen LogP contribution in [0.3, 0.4) is 0 Å². The van der Waals surface area contributed by atoms with Crippen LogP contribution in [0.5, 0.6) is 0 Å². The summed E-state index contributed by atoms with van der Waals surface area (Å²) in [6.45, 7) is 2.68. The topological polar surface area (TPSA) is 127 Å². The first-order chi connectivity index (χ1) is 8.84. The van der Waals surface area contributed by atoms with Crippen LogP contribution in [0.25, 0.3) is 0 Å². The number of rotatable bonds is 11. The molecule has 0 radical (unpaired) electrons. The van der Waals surface area contributed by atoms with Crippen LogP contribution in [-0.2, 0) is 14.4 Å². The minimum atomic E-state index is -1.02. The van der Waals surface area contributed by atoms with Gasteiger partial charge in [-0.1, -0.05) is 0 Å². The Labute approximate surface area is 111 Å². The van der Waals surface area contributed by atoms with Crippen LogP contribution < -0.4 is 5.32 Å². The molecule has 0 saturated carbocycles. The van der Waals surface area contributed by atoms with Gasteiger partial charge >= 0.3 is 17.9 Å². The third kappa shape index (κ3) is 8.97. The van der Waals surface area contributed by atoms with E-state index in [1.54, 1.807) is 0 Å². The van der Waals surface area contributed by atoms with Crippen molar-refractivity contribution in [1.29, 1.82) is 0 Å². The maximum atomic E-state index is 10.9. The third-order valence-corrected chi connectivity index (χ3v) is 2.61. The molecule has 0 rings (SSSR count). The average molecular weight is 276 g/mol. The van der Waals surface area contributed by atoms with Crippen molar-refractivity contribution in [3.8, 4) is 0 Å². The van der Waals surface area contributed by atoms with Gasteiger partial charge in [-0.25, -0.2) is 0 Å². The zero-order chi connectivity index (χ0) is 14.8. The van der Waals surface area contributed by atoms with Gasteiger partial charge in [-0.15, -0.1) is 0 Å². The largest absolute Gasteiger partial charge is 0.481 e. The highest BCUT2D eigenvalue weighted by Gasteiger charge is 2.20. The molecule has 0 aromatic carbocycles. The fourth-order valence-corrected chi connectivity index (χ4v) is 1.44. The smallest absolute Gasteiger partial charge is 0.320 e. The van der Waals surface area contributed by atoms with E-state index in [0.29, 0.717) is 19.6 Å². The molecule has 0 spiro atoms. The number of hydrogen-bond acceptors (Lipinski definition) is 5. The molecule has 8 nitrogen and oxygen atoms in total. The molecule has 0 amide bonds. The summed E-state index contributed by atoms with van der Waals surface area (Å²) in [6.07, 6.45) is -0.143. The Bertz CT molecular complexity index is 320. The van der Waals surface area contributed by atoms with Crippen LogP contribution >= 0.6 is 0 Å². The van der Waals surface area contributed by atoms with Gasteiger partial charge in [0.25, 0.3) is 0 Å². The Morgan fingerprint density at radius 2 is 1.58 bits per heavy atom. The van der Waals surface area contributed by atoms with E-state index in [0.717, 1.165) is 0 Å². The van der Waals surface area contributed by atoms with Crippen molar-refractivity contribution in [2.75, 3.05) is 26.2 Å². The van der Waals surface area contributed by atoms with Crippen LogP contribution in [0.4, 0.5) is 0 Å². The zero-order valence-corrected chi connectivity index (χ0v) is 10.8. The first kappa shape index (κ1) is 17.3. The quantitative estimate of drug-likeness (QED) is 0.365. The zero-order valence-electron chi connectivity index (χ0n) is 10.8. The number of nitrogens with one attached hydrogen (secondary N) is 1. The van der Waals surface area contributed by atoms with Crippen molar-refractivity contribution < 1.29 is 29.7 Å². The maximum Gasteiger partial charge on any atom is 0.320 e. The summed E-state index contributed by atoms with van der Waals surface area (Å²) in [5.41, 5.74) is 0. The van der Waals surface area contributed by atoms with Gasteiger partial charge in [-0.3, -0.25) is 19.3 Å². The Kier molecular flexibility index (Phi) is 8.47.